The van der Waals surface area contributed by atoms with E-state index in [1.807, 2.05) is 24.3 Å². The zero-order valence-corrected chi connectivity index (χ0v) is 16.5. The third-order valence-corrected chi connectivity index (χ3v) is 5.38. The molecule has 4 rings (SSSR count). The Morgan fingerprint density at radius 1 is 1.10 bits per heavy atom. The smallest absolute Gasteiger partial charge is 0.405 e. The first kappa shape index (κ1) is 21.0. The van der Waals surface area contributed by atoms with Crippen LogP contribution in [0.15, 0.2) is 54.7 Å². The molecule has 0 radical (unpaired) electrons. The van der Waals surface area contributed by atoms with E-state index >= 15 is 0 Å². The zero-order valence-electron chi connectivity index (χ0n) is 16.5. The largest absolute Gasteiger partial charge is 0.573 e. The van der Waals surface area contributed by atoms with Crippen molar-refractivity contribution in [3.8, 4) is 5.75 Å². The van der Waals surface area contributed by atoms with E-state index in [9.17, 15) is 18.0 Å². The first-order chi connectivity index (χ1) is 14.8. The molecule has 0 spiro atoms. The molecule has 2 unspecified atom stereocenters. The predicted octanol–water partition coefficient (Wildman–Crippen LogP) is 4.22. The van der Waals surface area contributed by atoms with Crippen LogP contribution in [-0.4, -0.2) is 39.7 Å². The van der Waals surface area contributed by atoms with Crippen LogP contribution >= 0.6 is 0 Å². The van der Waals surface area contributed by atoms with E-state index in [-0.39, 0.29) is 5.56 Å². The van der Waals surface area contributed by atoms with E-state index in [4.69, 9.17) is 5.73 Å². The van der Waals surface area contributed by atoms with Crippen molar-refractivity contribution in [1.82, 2.24) is 14.9 Å². The highest BCUT2D eigenvalue weighted by Gasteiger charge is 2.37. The number of rotatable bonds is 4. The number of carbonyl (C=O) groups excluding carboxylic acids is 1. The Bertz CT molecular complexity index is 1090. The van der Waals surface area contributed by atoms with Crippen LogP contribution < -0.4 is 10.5 Å². The molecule has 2 aromatic carbocycles. The molecule has 0 saturated carbocycles. The van der Waals surface area contributed by atoms with Crippen LogP contribution in [0.2, 0.25) is 0 Å². The van der Waals surface area contributed by atoms with E-state index in [2.05, 4.69) is 14.7 Å². The summed E-state index contributed by atoms with van der Waals surface area (Å²) in [6.45, 7) is 0.387. The van der Waals surface area contributed by atoms with Crippen LogP contribution in [0, 0.1) is 0 Å². The zero-order chi connectivity index (χ0) is 22.0. The summed E-state index contributed by atoms with van der Waals surface area (Å²) in [5, 5.41) is 0. The molecule has 1 aromatic heterocycles. The van der Waals surface area contributed by atoms with Gasteiger partial charge in [-0.15, -0.1) is 13.2 Å². The number of benzene rings is 2. The maximum absolute atomic E-state index is 13.3. The normalized spacial score (nSPS) is 18.1. The second-order valence-corrected chi connectivity index (χ2v) is 7.42. The minimum Gasteiger partial charge on any atom is -0.405 e. The number of aromatic nitrogens is 2. The van der Waals surface area contributed by atoms with Crippen molar-refractivity contribution in [3.63, 3.8) is 0 Å². The van der Waals surface area contributed by atoms with Crippen molar-refractivity contribution >= 4 is 16.9 Å². The van der Waals surface area contributed by atoms with Crippen LogP contribution in [-0.2, 0) is 0 Å². The lowest BCUT2D eigenvalue weighted by Crippen LogP contribution is -2.49. The lowest BCUT2D eigenvalue weighted by Gasteiger charge is -2.39. The van der Waals surface area contributed by atoms with Gasteiger partial charge in [0.25, 0.3) is 5.91 Å². The molecule has 0 bridgehead atoms. The van der Waals surface area contributed by atoms with Gasteiger partial charge in [-0.3, -0.25) is 9.78 Å². The minimum absolute atomic E-state index is 0.150. The molecule has 1 aliphatic heterocycles. The average Bonchev–Trinajstić information content (AvgIpc) is 2.77. The molecule has 6 nitrogen and oxygen atoms in total. The minimum atomic E-state index is -4.89. The quantitative estimate of drug-likeness (QED) is 0.670. The molecule has 0 aliphatic carbocycles. The van der Waals surface area contributed by atoms with Crippen LogP contribution in [0.5, 0.6) is 5.75 Å². The Morgan fingerprint density at radius 2 is 1.81 bits per heavy atom. The molecular formula is C22H21F3N4O2. The Labute approximate surface area is 176 Å². The summed E-state index contributed by atoms with van der Waals surface area (Å²) in [6, 6.07) is 11.7. The fraction of sp³-hybridized carbons (Fsp3) is 0.318. The summed E-state index contributed by atoms with van der Waals surface area (Å²) in [5.41, 5.74) is 8.30. The number of carbonyl (C=O) groups is 1. The van der Waals surface area contributed by atoms with Crippen molar-refractivity contribution in [1.29, 1.82) is 0 Å². The Morgan fingerprint density at radius 3 is 2.58 bits per heavy atom. The predicted molar refractivity (Wildman–Crippen MR) is 108 cm³/mol. The number of halogens is 3. The molecule has 31 heavy (non-hydrogen) atoms. The summed E-state index contributed by atoms with van der Waals surface area (Å²) in [7, 11) is 0. The van der Waals surface area contributed by atoms with Crippen molar-refractivity contribution in [2.75, 3.05) is 6.54 Å². The van der Waals surface area contributed by atoms with Crippen LogP contribution in [0.1, 0.15) is 41.4 Å². The lowest BCUT2D eigenvalue weighted by molar-refractivity contribution is -0.274. The molecule has 3 aromatic rings. The van der Waals surface area contributed by atoms with Gasteiger partial charge in [0.05, 0.1) is 40.6 Å². The number of hydrogen-bond acceptors (Lipinski definition) is 5. The number of likely N-dealkylation sites (tertiary alicyclic amines) is 1. The highest BCUT2D eigenvalue weighted by molar-refractivity contribution is 5.97. The number of para-hydroxylation sites is 3. The molecule has 2 N–H and O–H groups in total. The standard InChI is InChI=1S/C22H21F3N4O2/c23-22(24,25)31-19-11-4-1-7-14(19)21(30)29-12-6-5-10-18(29)20(26)17-13-27-15-8-2-3-9-16(15)28-17/h1-4,7-9,11,13,18,20H,5-6,10,12,26H2. The summed E-state index contributed by atoms with van der Waals surface area (Å²) < 4.78 is 42.5. The molecule has 2 heterocycles. The summed E-state index contributed by atoms with van der Waals surface area (Å²) in [6.07, 6.45) is -1.10. The Balaban J connectivity index is 1.63. The fourth-order valence-corrected chi connectivity index (χ4v) is 3.92. The number of nitrogens with two attached hydrogens (primary N) is 1. The van der Waals surface area contributed by atoms with E-state index in [0.717, 1.165) is 24.4 Å². The second kappa shape index (κ2) is 8.50. The van der Waals surface area contributed by atoms with Gasteiger partial charge in [0.15, 0.2) is 0 Å². The number of nitrogens with zero attached hydrogens (tertiary/aromatic N) is 3. The number of hydrogen-bond donors (Lipinski definition) is 1. The van der Waals surface area contributed by atoms with Gasteiger partial charge in [0, 0.05) is 6.54 Å². The van der Waals surface area contributed by atoms with Gasteiger partial charge < -0.3 is 15.4 Å². The monoisotopic (exact) mass is 430 g/mol. The van der Waals surface area contributed by atoms with Crippen molar-refractivity contribution in [3.05, 3.63) is 66.0 Å². The van der Waals surface area contributed by atoms with Crippen molar-refractivity contribution in [2.45, 2.75) is 37.7 Å². The third kappa shape index (κ3) is 4.61. The van der Waals surface area contributed by atoms with Gasteiger partial charge in [-0.25, -0.2) is 4.98 Å². The Hall–Kier alpha value is -3.20. The summed E-state index contributed by atoms with van der Waals surface area (Å²) >= 11 is 0. The second-order valence-electron chi connectivity index (χ2n) is 7.42. The lowest BCUT2D eigenvalue weighted by atomic mass is 9.93. The number of alkyl halides is 3. The maximum Gasteiger partial charge on any atom is 0.573 e. The van der Waals surface area contributed by atoms with E-state index in [1.165, 1.54) is 23.1 Å². The number of amides is 1. The van der Waals surface area contributed by atoms with E-state index in [1.54, 1.807) is 6.20 Å². The first-order valence-electron chi connectivity index (χ1n) is 9.96. The molecule has 162 valence electrons. The highest BCUT2D eigenvalue weighted by Crippen LogP contribution is 2.32. The van der Waals surface area contributed by atoms with Gasteiger partial charge in [-0.05, 0) is 43.5 Å². The molecular weight excluding hydrogens is 409 g/mol. The number of ether oxygens (including phenoxy) is 1. The molecule has 1 amide bonds. The van der Waals surface area contributed by atoms with Gasteiger partial charge in [0.1, 0.15) is 5.75 Å². The fourth-order valence-electron chi connectivity index (χ4n) is 3.92. The first-order valence-corrected chi connectivity index (χ1v) is 9.96. The summed E-state index contributed by atoms with van der Waals surface area (Å²) in [5.74, 6) is -1.07. The van der Waals surface area contributed by atoms with Crippen molar-refractivity contribution in [2.24, 2.45) is 5.73 Å². The van der Waals surface area contributed by atoms with Gasteiger partial charge >= 0.3 is 6.36 Å². The Kier molecular flexibility index (Phi) is 5.77. The van der Waals surface area contributed by atoms with Crippen LogP contribution in [0.3, 0.4) is 0 Å². The molecule has 1 aliphatic rings. The number of fused-ring (bicyclic) bond motifs is 1. The summed E-state index contributed by atoms with van der Waals surface area (Å²) in [4.78, 5) is 23.8. The average molecular weight is 430 g/mol. The topological polar surface area (TPSA) is 81.3 Å². The van der Waals surface area contributed by atoms with Gasteiger partial charge in [-0.2, -0.15) is 0 Å². The SMILES string of the molecule is NC(c1cnc2ccccc2n1)C1CCCCN1C(=O)c1ccccc1OC(F)(F)F. The molecule has 9 heteroatoms. The van der Waals surface area contributed by atoms with Gasteiger partial charge in [0.2, 0.25) is 0 Å². The van der Waals surface area contributed by atoms with E-state index < -0.39 is 30.1 Å². The molecule has 1 saturated heterocycles. The molecule has 2 atom stereocenters. The highest BCUT2D eigenvalue weighted by atomic mass is 19.4. The maximum atomic E-state index is 13.3. The van der Waals surface area contributed by atoms with E-state index in [0.29, 0.717) is 24.2 Å². The van der Waals surface area contributed by atoms with Crippen LogP contribution in [0.25, 0.3) is 11.0 Å². The number of piperidine rings is 1. The van der Waals surface area contributed by atoms with Crippen LogP contribution in [0.4, 0.5) is 13.2 Å². The third-order valence-electron chi connectivity index (χ3n) is 5.38. The van der Waals surface area contributed by atoms with Crippen molar-refractivity contribution < 1.29 is 22.7 Å². The van der Waals surface area contributed by atoms with Gasteiger partial charge in [-0.1, -0.05) is 24.3 Å². The molecule has 1 fully saturated rings.